The van der Waals surface area contributed by atoms with Gasteiger partial charge in [-0.05, 0) is 55.0 Å². The molecular formula is C19H18BrClN2O3. The Kier molecular flexibility index (Phi) is 7.36. The van der Waals surface area contributed by atoms with Gasteiger partial charge in [0, 0.05) is 33.6 Å². The second kappa shape index (κ2) is 9.50. The number of benzene rings is 2. The van der Waals surface area contributed by atoms with Gasteiger partial charge < -0.3 is 10.6 Å². The van der Waals surface area contributed by atoms with Gasteiger partial charge in [0.05, 0.1) is 6.54 Å². The molecule has 7 heteroatoms. The number of carbonyl (C=O) groups excluding carboxylic acids is 3. The standard InChI is InChI=1S/C19H18BrClN2O3/c1-12-10-14(20)4-7-16(12)23-19(26)11-22-18(25)9-8-17(24)13-2-5-15(21)6-3-13/h2-7,10H,8-9,11H2,1H3,(H,22,25)(H,23,26). The van der Waals surface area contributed by atoms with E-state index in [1.165, 1.54) is 0 Å². The maximum Gasteiger partial charge on any atom is 0.243 e. The molecule has 0 bridgehead atoms. The van der Waals surface area contributed by atoms with Crippen LogP contribution in [-0.4, -0.2) is 24.1 Å². The molecule has 26 heavy (non-hydrogen) atoms. The van der Waals surface area contributed by atoms with Gasteiger partial charge in [0.15, 0.2) is 5.78 Å². The van der Waals surface area contributed by atoms with Gasteiger partial charge in [0.2, 0.25) is 11.8 Å². The third-order valence-corrected chi connectivity index (χ3v) is 4.40. The summed E-state index contributed by atoms with van der Waals surface area (Å²) in [6, 6.07) is 12.0. The fourth-order valence-electron chi connectivity index (χ4n) is 2.24. The fourth-order valence-corrected chi connectivity index (χ4v) is 2.84. The van der Waals surface area contributed by atoms with Crippen molar-refractivity contribution in [2.75, 3.05) is 11.9 Å². The van der Waals surface area contributed by atoms with Gasteiger partial charge in [0.1, 0.15) is 0 Å². The lowest BCUT2D eigenvalue weighted by molar-refractivity contribution is -0.124. The van der Waals surface area contributed by atoms with Crippen molar-refractivity contribution in [3.8, 4) is 0 Å². The number of anilines is 1. The number of carbonyl (C=O) groups is 3. The minimum absolute atomic E-state index is 0.0199. The Hall–Kier alpha value is -2.18. The minimum Gasteiger partial charge on any atom is -0.347 e. The Morgan fingerprint density at radius 1 is 1.00 bits per heavy atom. The first kappa shape index (κ1) is 20.1. The van der Waals surface area contributed by atoms with Crippen molar-refractivity contribution in [2.24, 2.45) is 0 Å². The van der Waals surface area contributed by atoms with Gasteiger partial charge >= 0.3 is 0 Å². The molecule has 136 valence electrons. The van der Waals surface area contributed by atoms with E-state index in [0.717, 1.165) is 10.0 Å². The zero-order valence-corrected chi connectivity index (χ0v) is 16.5. The molecule has 2 N–H and O–H groups in total. The van der Waals surface area contributed by atoms with Gasteiger partial charge in [-0.25, -0.2) is 0 Å². The van der Waals surface area contributed by atoms with Crippen molar-refractivity contribution in [1.29, 1.82) is 0 Å². The lowest BCUT2D eigenvalue weighted by Gasteiger charge is -2.09. The molecule has 5 nitrogen and oxygen atoms in total. The lowest BCUT2D eigenvalue weighted by atomic mass is 10.1. The molecule has 0 aliphatic heterocycles. The van der Waals surface area contributed by atoms with E-state index in [1.807, 2.05) is 19.1 Å². The molecule has 0 spiro atoms. The Bertz CT molecular complexity index is 822. The van der Waals surface area contributed by atoms with Crippen molar-refractivity contribution >= 4 is 50.8 Å². The average Bonchev–Trinajstić information content (AvgIpc) is 2.61. The first-order valence-corrected chi connectivity index (χ1v) is 9.13. The summed E-state index contributed by atoms with van der Waals surface area (Å²) in [7, 11) is 0. The second-order valence-corrected chi connectivity index (χ2v) is 7.07. The van der Waals surface area contributed by atoms with Crippen molar-refractivity contribution in [1.82, 2.24) is 5.32 Å². The molecule has 0 fully saturated rings. The molecule has 0 aromatic heterocycles. The molecule has 2 amide bonds. The first-order valence-electron chi connectivity index (χ1n) is 7.96. The normalized spacial score (nSPS) is 10.3. The number of rotatable bonds is 7. The quantitative estimate of drug-likeness (QED) is 0.640. The van der Waals surface area contributed by atoms with Crippen LogP contribution in [0.4, 0.5) is 5.69 Å². The summed E-state index contributed by atoms with van der Waals surface area (Å²) >= 11 is 9.13. The Morgan fingerprint density at radius 3 is 2.35 bits per heavy atom. The molecular weight excluding hydrogens is 420 g/mol. The van der Waals surface area contributed by atoms with E-state index >= 15 is 0 Å². The summed E-state index contributed by atoms with van der Waals surface area (Å²) in [5.41, 5.74) is 2.10. The van der Waals surface area contributed by atoms with E-state index in [-0.39, 0.29) is 37.0 Å². The highest BCUT2D eigenvalue weighted by atomic mass is 79.9. The van der Waals surface area contributed by atoms with Gasteiger partial charge in [-0.3, -0.25) is 14.4 Å². The number of Topliss-reactive ketones (excluding diaryl/α,β-unsaturated/α-hetero) is 1. The van der Waals surface area contributed by atoms with Gasteiger partial charge in [-0.15, -0.1) is 0 Å². The lowest BCUT2D eigenvalue weighted by Crippen LogP contribution is -2.33. The molecule has 2 rings (SSSR count). The van der Waals surface area contributed by atoms with Crippen LogP contribution in [0.5, 0.6) is 0 Å². The van der Waals surface area contributed by atoms with Gasteiger partial charge in [-0.1, -0.05) is 27.5 Å². The summed E-state index contributed by atoms with van der Waals surface area (Å²) < 4.78 is 0.923. The molecule has 0 heterocycles. The van der Waals surface area contributed by atoms with E-state index in [0.29, 0.717) is 16.3 Å². The molecule has 0 radical (unpaired) electrons. The van der Waals surface area contributed by atoms with Gasteiger partial charge in [-0.2, -0.15) is 0 Å². The zero-order valence-electron chi connectivity index (χ0n) is 14.1. The summed E-state index contributed by atoms with van der Waals surface area (Å²) in [4.78, 5) is 35.8. The topological polar surface area (TPSA) is 75.3 Å². The van der Waals surface area contributed by atoms with Crippen LogP contribution < -0.4 is 10.6 Å². The monoisotopic (exact) mass is 436 g/mol. The second-order valence-electron chi connectivity index (χ2n) is 5.71. The molecule has 0 saturated carbocycles. The molecule has 2 aromatic carbocycles. The molecule has 2 aromatic rings. The van der Waals surface area contributed by atoms with E-state index in [2.05, 4.69) is 26.6 Å². The predicted octanol–water partition coefficient (Wildman–Crippen LogP) is 4.13. The smallest absolute Gasteiger partial charge is 0.243 e. The third kappa shape index (κ3) is 6.28. The molecule has 0 aliphatic rings. The van der Waals surface area contributed by atoms with Crippen LogP contribution in [0, 0.1) is 6.92 Å². The maximum atomic E-state index is 12.0. The van der Waals surface area contributed by atoms with E-state index in [4.69, 9.17) is 11.6 Å². The summed E-state index contributed by atoms with van der Waals surface area (Å²) in [5.74, 6) is -0.824. The Labute approximate surface area is 165 Å². The summed E-state index contributed by atoms with van der Waals surface area (Å²) in [5, 5.41) is 5.80. The van der Waals surface area contributed by atoms with Crippen LogP contribution >= 0.6 is 27.5 Å². The molecule has 0 aliphatic carbocycles. The van der Waals surface area contributed by atoms with Crippen molar-refractivity contribution in [3.05, 3.63) is 63.1 Å². The van der Waals surface area contributed by atoms with E-state index < -0.39 is 0 Å². The van der Waals surface area contributed by atoms with Crippen LogP contribution in [0.3, 0.4) is 0 Å². The Morgan fingerprint density at radius 2 is 1.69 bits per heavy atom. The molecule has 0 atom stereocenters. The summed E-state index contributed by atoms with van der Waals surface area (Å²) in [6.45, 7) is 1.73. The van der Waals surface area contributed by atoms with E-state index in [9.17, 15) is 14.4 Å². The van der Waals surface area contributed by atoms with Crippen molar-refractivity contribution < 1.29 is 14.4 Å². The number of nitrogens with one attached hydrogen (secondary N) is 2. The minimum atomic E-state index is -0.352. The number of ketones is 1. The first-order chi connectivity index (χ1) is 12.3. The number of hydrogen-bond donors (Lipinski definition) is 2. The van der Waals surface area contributed by atoms with Crippen molar-refractivity contribution in [2.45, 2.75) is 19.8 Å². The average molecular weight is 438 g/mol. The molecule has 0 saturated heterocycles. The number of aryl methyl sites for hydroxylation is 1. The zero-order chi connectivity index (χ0) is 19.1. The van der Waals surface area contributed by atoms with Crippen LogP contribution in [0.1, 0.15) is 28.8 Å². The highest BCUT2D eigenvalue weighted by molar-refractivity contribution is 9.10. The molecule has 0 unspecified atom stereocenters. The van der Waals surface area contributed by atoms with Crippen molar-refractivity contribution in [3.63, 3.8) is 0 Å². The fraction of sp³-hybridized carbons (Fsp3) is 0.211. The number of halogens is 2. The van der Waals surface area contributed by atoms with Crippen LogP contribution in [-0.2, 0) is 9.59 Å². The van der Waals surface area contributed by atoms with Crippen LogP contribution in [0.2, 0.25) is 5.02 Å². The number of hydrogen-bond acceptors (Lipinski definition) is 3. The van der Waals surface area contributed by atoms with Crippen LogP contribution in [0.15, 0.2) is 46.9 Å². The maximum absolute atomic E-state index is 12.0. The van der Waals surface area contributed by atoms with Gasteiger partial charge in [0.25, 0.3) is 0 Å². The third-order valence-electron chi connectivity index (χ3n) is 3.65. The highest BCUT2D eigenvalue weighted by Gasteiger charge is 2.11. The Balaban J connectivity index is 1.74. The van der Waals surface area contributed by atoms with Crippen LogP contribution in [0.25, 0.3) is 0 Å². The SMILES string of the molecule is Cc1cc(Br)ccc1NC(=O)CNC(=O)CCC(=O)c1ccc(Cl)cc1. The largest absolute Gasteiger partial charge is 0.347 e. The number of amides is 2. The predicted molar refractivity (Wildman–Crippen MR) is 106 cm³/mol. The van der Waals surface area contributed by atoms with E-state index in [1.54, 1.807) is 30.3 Å². The highest BCUT2D eigenvalue weighted by Crippen LogP contribution is 2.19. The summed E-state index contributed by atoms with van der Waals surface area (Å²) in [6.07, 6.45) is 0.0902.